The molecule has 0 radical (unpaired) electrons. The van der Waals surface area contributed by atoms with Crippen LogP contribution in [0.25, 0.3) is 0 Å². The van der Waals surface area contributed by atoms with Crippen LogP contribution in [0.1, 0.15) is 46.9 Å². The summed E-state index contributed by atoms with van der Waals surface area (Å²) < 4.78 is 33.2. The highest BCUT2D eigenvalue weighted by Gasteiger charge is 2.36. The molecule has 128 valence electrons. The minimum absolute atomic E-state index is 0.180. The molecule has 1 aromatic heterocycles. The molecule has 1 aromatic carbocycles. The van der Waals surface area contributed by atoms with Crippen LogP contribution in [-0.2, 0) is 4.74 Å². The number of rotatable bonds is 4. The predicted octanol–water partition coefficient (Wildman–Crippen LogP) is 3.73. The summed E-state index contributed by atoms with van der Waals surface area (Å²) in [6, 6.07) is 6.29. The highest BCUT2D eigenvalue weighted by atomic mass is 19.3. The molecule has 0 amide bonds. The molecule has 0 bridgehead atoms. The smallest absolute Gasteiger partial charge is 0.343 e. The number of nitrogens with one attached hydrogen (secondary N) is 1. The fourth-order valence-corrected chi connectivity index (χ4v) is 2.91. The van der Waals surface area contributed by atoms with Crippen LogP contribution in [0.5, 0.6) is 0 Å². The molecule has 24 heavy (non-hydrogen) atoms. The second-order valence-corrected chi connectivity index (χ2v) is 5.82. The number of carbonyl (C=O) groups is 1. The van der Waals surface area contributed by atoms with E-state index >= 15 is 0 Å². The van der Waals surface area contributed by atoms with Crippen molar-refractivity contribution >= 4 is 11.8 Å². The highest BCUT2D eigenvalue weighted by Crippen LogP contribution is 2.39. The van der Waals surface area contributed by atoms with Crippen molar-refractivity contribution in [3.8, 4) is 0 Å². The average Bonchev–Trinajstić information content (AvgIpc) is 2.98. The topological polar surface area (TPSA) is 56.1 Å². The van der Waals surface area contributed by atoms with E-state index in [0.717, 1.165) is 11.1 Å². The molecule has 0 saturated heterocycles. The molecular formula is C17H19F2N3O2. The van der Waals surface area contributed by atoms with Gasteiger partial charge < -0.3 is 10.1 Å². The Morgan fingerprint density at radius 2 is 2.12 bits per heavy atom. The van der Waals surface area contributed by atoms with Crippen molar-refractivity contribution in [1.29, 1.82) is 0 Å². The summed E-state index contributed by atoms with van der Waals surface area (Å²) in [5.74, 6) is -0.278. The summed E-state index contributed by atoms with van der Waals surface area (Å²) in [5, 5.41) is 7.15. The third-order valence-electron chi connectivity index (χ3n) is 4.16. The lowest BCUT2D eigenvalue weighted by atomic mass is 9.96. The molecule has 3 rings (SSSR count). The minimum atomic E-state index is -2.58. The first-order chi connectivity index (χ1) is 11.5. The maximum absolute atomic E-state index is 13.5. The van der Waals surface area contributed by atoms with E-state index in [-0.39, 0.29) is 30.5 Å². The number of aryl methyl sites for hydroxylation is 1. The molecule has 1 N–H and O–H groups in total. The van der Waals surface area contributed by atoms with E-state index < -0.39 is 18.4 Å². The number of carbonyl (C=O) groups excluding carboxylic acids is 1. The van der Waals surface area contributed by atoms with Gasteiger partial charge in [-0.3, -0.25) is 0 Å². The number of hydrogen-bond acceptors (Lipinski definition) is 4. The molecule has 0 spiro atoms. The normalized spacial score (nSPS) is 19.7. The van der Waals surface area contributed by atoms with Gasteiger partial charge in [-0.1, -0.05) is 29.8 Å². The van der Waals surface area contributed by atoms with Crippen molar-refractivity contribution in [2.24, 2.45) is 0 Å². The van der Waals surface area contributed by atoms with Crippen LogP contribution in [-0.4, -0.2) is 28.8 Å². The maximum atomic E-state index is 13.5. The Morgan fingerprint density at radius 1 is 1.42 bits per heavy atom. The molecule has 2 heterocycles. The van der Waals surface area contributed by atoms with Gasteiger partial charge in [-0.25, -0.2) is 18.3 Å². The van der Waals surface area contributed by atoms with E-state index in [0.29, 0.717) is 0 Å². The zero-order chi connectivity index (χ0) is 17.3. The third kappa shape index (κ3) is 2.98. The highest BCUT2D eigenvalue weighted by molar-refractivity contribution is 5.94. The standard InChI is InChI=1S/C17H19F2N3O2/c1-3-24-17(23)12-9-20-22-14(15(18)19)8-13(21-16(12)22)11-6-4-10(2)5-7-11/h4-7,9,13-15,21H,3,8H2,1-2H3/t13-,14-/m1/s1. The first-order valence-corrected chi connectivity index (χ1v) is 7.87. The summed E-state index contributed by atoms with van der Waals surface area (Å²) >= 11 is 0. The monoisotopic (exact) mass is 335 g/mol. The lowest BCUT2D eigenvalue weighted by Gasteiger charge is -2.32. The van der Waals surface area contributed by atoms with Crippen molar-refractivity contribution < 1.29 is 18.3 Å². The van der Waals surface area contributed by atoms with Crippen LogP contribution in [0.15, 0.2) is 30.5 Å². The van der Waals surface area contributed by atoms with Crippen molar-refractivity contribution in [2.75, 3.05) is 11.9 Å². The number of halogens is 2. The van der Waals surface area contributed by atoms with Crippen LogP contribution >= 0.6 is 0 Å². The van der Waals surface area contributed by atoms with Crippen molar-refractivity contribution in [3.63, 3.8) is 0 Å². The number of anilines is 1. The molecule has 1 aliphatic heterocycles. The van der Waals surface area contributed by atoms with Crippen LogP contribution in [0.3, 0.4) is 0 Å². The largest absolute Gasteiger partial charge is 0.462 e. The van der Waals surface area contributed by atoms with Gasteiger partial charge in [-0.2, -0.15) is 5.10 Å². The maximum Gasteiger partial charge on any atom is 0.343 e. The van der Waals surface area contributed by atoms with E-state index in [1.807, 2.05) is 31.2 Å². The van der Waals surface area contributed by atoms with Gasteiger partial charge in [0, 0.05) is 0 Å². The fraction of sp³-hybridized carbons (Fsp3) is 0.412. The molecule has 0 fully saturated rings. The average molecular weight is 335 g/mol. The molecule has 0 unspecified atom stereocenters. The number of benzene rings is 1. The second-order valence-electron chi connectivity index (χ2n) is 5.82. The van der Waals surface area contributed by atoms with Gasteiger partial charge in [0.15, 0.2) is 0 Å². The van der Waals surface area contributed by atoms with E-state index in [9.17, 15) is 13.6 Å². The Hall–Kier alpha value is -2.44. The lowest BCUT2D eigenvalue weighted by Crippen LogP contribution is -2.31. The van der Waals surface area contributed by atoms with Crippen LogP contribution in [0.4, 0.5) is 14.6 Å². The molecule has 7 heteroatoms. The molecule has 0 saturated carbocycles. The van der Waals surface area contributed by atoms with Crippen LogP contribution < -0.4 is 5.32 Å². The van der Waals surface area contributed by atoms with Gasteiger partial charge in [0.05, 0.1) is 18.8 Å². The molecule has 2 atom stereocenters. The molecule has 0 aliphatic carbocycles. The van der Waals surface area contributed by atoms with E-state index in [2.05, 4.69) is 10.4 Å². The van der Waals surface area contributed by atoms with Crippen molar-refractivity contribution in [2.45, 2.75) is 38.8 Å². The quantitative estimate of drug-likeness (QED) is 0.865. The van der Waals surface area contributed by atoms with Gasteiger partial charge in [0.1, 0.15) is 17.4 Å². The van der Waals surface area contributed by atoms with E-state index in [1.54, 1.807) is 6.92 Å². The second kappa shape index (κ2) is 6.59. The Morgan fingerprint density at radius 3 is 2.75 bits per heavy atom. The number of alkyl halides is 2. The zero-order valence-corrected chi connectivity index (χ0v) is 13.5. The zero-order valence-electron chi connectivity index (χ0n) is 13.5. The van der Waals surface area contributed by atoms with Crippen LogP contribution in [0, 0.1) is 6.92 Å². The fourth-order valence-electron chi connectivity index (χ4n) is 2.91. The third-order valence-corrected chi connectivity index (χ3v) is 4.16. The van der Waals surface area contributed by atoms with Gasteiger partial charge >= 0.3 is 5.97 Å². The molecular weight excluding hydrogens is 316 g/mol. The lowest BCUT2D eigenvalue weighted by molar-refractivity contribution is 0.0521. The van der Waals surface area contributed by atoms with Gasteiger partial charge in [0.2, 0.25) is 0 Å². The van der Waals surface area contributed by atoms with Gasteiger partial charge in [0.25, 0.3) is 6.43 Å². The Labute approximate surface area is 138 Å². The van der Waals surface area contributed by atoms with E-state index in [4.69, 9.17) is 4.74 Å². The SMILES string of the molecule is CCOC(=O)c1cnn2c1N[C@@H](c1ccc(C)cc1)C[C@@H]2C(F)F. The first-order valence-electron chi connectivity index (χ1n) is 7.87. The summed E-state index contributed by atoms with van der Waals surface area (Å²) in [6.07, 6.45) is -1.10. The van der Waals surface area contributed by atoms with Gasteiger partial charge in [-0.15, -0.1) is 0 Å². The number of fused-ring (bicyclic) bond motifs is 1. The summed E-state index contributed by atoms with van der Waals surface area (Å²) in [6.45, 7) is 3.87. The number of hydrogen-bond donors (Lipinski definition) is 1. The van der Waals surface area contributed by atoms with Crippen molar-refractivity contribution in [3.05, 3.63) is 47.2 Å². The van der Waals surface area contributed by atoms with Crippen molar-refractivity contribution in [1.82, 2.24) is 9.78 Å². The summed E-state index contributed by atoms with van der Waals surface area (Å²) in [5.41, 5.74) is 2.17. The number of nitrogens with zero attached hydrogens (tertiary/aromatic N) is 2. The Kier molecular flexibility index (Phi) is 4.51. The number of esters is 1. The number of aromatic nitrogens is 2. The predicted molar refractivity (Wildman–Crippen MR) is 85.4 cm³/mol. The molecule has 2 aromatic rings. The molecule has 1 aliphatic rings. The minimum Gasteiger partial charge on any atom is -0.462 e. The summed E-state index contributed by atoms with van der Waals surface area (Å²) in [4.78, 5) is 12.0. The summed E-state index contributed by atoms with van der Waals surface area (Å²) in [7, 11) is 0. The Balaban J connectivity index is 1.98. The molecule has 5 nitrogen and oxygen atoms in total. The van der Waals surface area contributed by atoms with Gasteiger partial charge in [-0.05, 0) is 25.8 Å². The first kappa shape index (κ1) is 16.4. The Bertz CT molecular complexity index is 728. The number of ether oxygens (including phenoxy) is 1. The van der Waals surface area contributed by atoms with E-state index in [1.165, 1.54) is 10.9 Å². The van der Waals surface area contributed by atoms with Crippen LogP contribution in [0.2, 0.25) is 0 Å².